The van der Waals surface area contributed by atoms with Crippen molar-refractivity contribution in [2.75, 3.05) is 49.7 Å². The average Bonchev–Trinajstić information content (AvgIpc) is 3.39. The Morgan fingerprint density at radius 2 is 1.97 bits per heavy atom. The van der Waals surface area contributed by atoms with E-state index in [9.17, 15) is 18.0 Å². The molecule has 0 aliphatic carbocycles. The number of ether oxygens (including phenoxy) is 2. The summed E-state index contributed by atoms with van der Waals surface area (Å²) >= 11 is 0. The molecule has 2 saturated heterocycles. The second-order valence-corrected chi connectivity index (χ2v) is 9.44. The van der Waals surface area contributed by atoms with Crippen LogP contribution in [0.4, 0.5) is 24.5 Å². The van der Waals surface area contributed by atoms with Gasteiger partial charge in [-0.05, 0) is 67.3 Å². The fourth-order valence-corrected chi connectivity index (χ4v) is 5.48. The summed E-state index contributed by atoms with van der Waals surface area (Å²) in [6.07, 6.45) is -2.26. The van der Waals surface area contributed by atoms with Crippen molar-refractivity contribution in [2.45, 2.75) is 37.6 Å². The molecule has 188 valence electrons. The molecule has 1 N–H and O–H groups in total. The van der Waals surface area contributed by atoms with Gasteiger partial charge in [-0.25, -0.2) is 0 Å². The van der Waals surface area contributed by atoms with Crippen LogP contribution >= 0.6 is 0 Å². The summed E-state index contributed by atoms with van der Waals surface area (Å²) in [5.74, 6) is 0.175. The molecule has 2 fully saturated rings. The normalized spacial score (nSPS) is 24.1. The van der Waals surface area contributed by atoms with E-state index in [0.717, 1.165) is 36.0 Å². The zero-order valence-corrected chi connectivity index (χ0v) is 19.7. The third-order valence-corrected chi connectivity index (χ3v) is 7.34. The fourth-order valence-electron chi connectivity index (χ4n) is 5.48. The molecule has 5 rings (SSSR count). The van der Waals surface area contributed by atoms with E-state index in [1.807, 2.05) is 24.3 Å². The predicted octanol–water partition coefficient (Wildman–Crippen LogP) is 3.88. The molecule has 35 heavy (non-hydrogen) atoms. The molecule has 2 aromatic carbocycles. The molecule has 0 aromatic heterocycles. The minimum Gasteiger partial charge on any atom is -0.497 e. The van der Waals surface area contributed by atoms with E-state index >= 15 is 0 Å². The standard InChI is InChI=1S/C26H30F3N3O3/c1-34-20-7-5-19(6-8-20)31-10-11-32-23-9-4-18(26(27,28)29)13-17(23)14-22(24(32)16-31)25(33)30-15-21-3-2-12-35-21/h4-9,13,21-22,24H,2-3,10-12,14-16H2,1H3,(H,30,33). The number of piperazine rings is 1. The number of hydrogen-bond donors (Lipinski definition) is 1. The number of nitrogens with one attached hydrogen (secondary N) is 1. The van der Waals surface area contributed by atoms with E-state index in [-0.39, 0.29) is 24.5 Å². The third-order valence-electron chi connectivity index (χ3n) is 7.34. The van der Waals surface area contributed by atoms with Crippen molar-refractivity contribution in [3.63, 3.8) is 0 Å². The number of carbonyl (C=O) groups excluding carboxylic acids is 1. The summed E-state index contributed by atoms with van der Waals surface area (Å²) in [5, 5.41) is 3.02. The number of carbonyl (C=O) groups is 1. The Balaban J connectivity index is 1.41. The summed E-state index contributed by atoms with van der Waals surface area (Å²) in [7, 11) is 1.62. The molecule has 0 bridgehead atoms. The van der Waals surface area contributed by atoms with Gasteiger partial charge in [-0.1, -0.05) is 0 Å². The van der Waals surface area contributed by atoms with E-state index in [4.69, 9.17) is 9.47 Å². The average molecular weight is 490 g/mol. The second-order valence-electron chi connectivity index (χ2n) is 9.44. The molecule has 0 radical (unpaired) electrons. The number of rotatable bonds is 5. The van der Waals surface area contributed by atoms with Crippen LogP contribution in [-0.4, -0.2) is 57.9 Å². The monoisotopic (exact) mass is 489 g/mol. The van der Waals surface area contributed by atoms with E-state index in [2.05, 4.69) is 15.1 Å². The largest absolute Gasteiger partial charge is 0.497 e. The van der Waals surface area contributed by atoms with Gasteiger partial charge in [0.2, 0.25) is 5.91 Å². The van der Waals surface area contributed by atoms with Gasteiger partial charge in [0.1, 0.15) is 5.75 Å². The smallest absolute Gasteiger partial charge is 0.416 e. The van der Waals surface area contributed by atoms with Crippen molar-refractivity contribution in [1.82, 2.24) is 5.32 Å². The highest BCUT2D eigenvalue weighted by Gasteiger charge is 2.43. The number of hydrogen-bond acceptors (Lipinski definition) is 5. The fraction of sp³-hybridized carbons (Fsp3) is 0.500. The number of alkyl halides is 3. The molecular weight excluding hydrogens is 459 g/mol. The molecular formula is C26H30F3N3O3. The summed E-state index contributed by atoms with van der Waals surface area (Å²) < 4.78 is 51.1. The van der Waals surface area contributed by atoms with Gasteiger partial charge in [-0.15, -0.1) is 0 Å². The first kappa shape index (κ1) is 23.8. The number of nitrogens with zero attached hydrogens (tertiary/aromatic N) is 2. The quantitative estimate of drug-likeness (QED) is 0.691. The summed E-state index contributed by atoms with van der Waals surface area (Å²) in [6, 6.07) is 11.6. The van der Waals surface area contributed by atoms with Crippen molar-refractivity contribution < 1.29 is 27.4 Å². The molecule has 3 heterocycles. The number of amides is 1. The van der Waals surface area contributed by atoms with E-state index in [0.29, 0.717) is 38.3 Å². The minimum atomic E-state index is -4.42. The van der Waals surface area contributed by atoms with Crippen molar-refractivity contribution in [3.8, 4) is 5.75 Å². The molecule has 0 spiro atoms. The van der Waals surface area contributed by atoms with Crippen LogP contribution in [0, 0.1) is 5.92 Å². The van der Waals surface area contributed by atoms with Gasteiger partial charge >= 0.3 is 6.18 Å². The first-order chi connectivity index (χ1) is 16.8. The Bertz CT molecular complexity index is 1050. The lowest BCUT2D eigenvalue weighted by molar-refractivity contribution is -0.137. The van der Waals surface area contributed by atoms with E-state index in [1.165, 1.54) is 6.07 Å². The van der Waals surface area contributed by atoms with Crippen LogP contribution < -0.4 is 19.9 Å². The number of halogens is 3. The minimum absolute atomic E-state index is 0.00455. The van der Waals surface area contributed by atoms with Gasteiger partial charge in [0.05, 0.1) is 30.7 Å². The van der Waals surface area contributed by atoms with Gasteiger partial charge in [-0.3, -0.25) is 4.79 Å². The zero-order chi connectivity index (χ0) is 24.6. The van der Waals surface area contributed by atoms with Crippen LogP contribution in [0.15, 0.2) is 42.5 Å². The zero-order valence-electron chi connectivity index (χ0n) is 19.7. The van der Waals surface area contributed by atoms with Gasteiger partial charge < -0.3 is 24.6 Å². The topological polar surface area (TPSA) is 54.0 Å². The lowest BCUT2D eigenvalue weighted by atomic mass is 9.82. The van der Waals surface area contributed by atoms with Crippen LogP contribution in [0.5, 0.6) is 5.75 Å². The number of methoxy groups -OCH3 is 1. The van der Waals surface area contributed by atoms with E-state index < -0.39 is 17.7 Å². The Hall–Kier alpha value is -2.94. The van der Waals surface area contributed by atoms with Gasteiger partial charge in [-0.2, -0.15) is 13.2 Å². The van der Waals surface area contributed by atoms with Crippen LogP contribution in [-0.2, 0) is 22.1 Å². The van der Waals surface area contributed by atoms with Crippen LogP contribution in [0.25, 0.3) is 0 Å². The third kappa shape index (κ3) is 4.91. The first-order valence-corrected chi connectivity index (χ1v) is 12.1. The van der Waals surface area contributed by atoms with Crippen LogP contribution in [0.3, 0.4) is 0 Å². The SMILES string of the molecule is COc1ccc(N2CCN3c4ccc(C(F)(F)F)cc4CC(C(=O)NCC4CCCO4)C3C2)cc1. The second kappa shape index (κ2) is 9.60. The van der Waals surface area contributed by atoms with Crippen LogP contribution in [0.1, 0.15) is 24.0 Å². The van der Waals surface area contributed by atoms with Gasteiger partial charge in [0.15, 0.2) is 0 Å². The molecule has 0 saturated carbocycles. The molecule has 3 atom stereocenters. The Kier molecular flexibility index (Phi) is 6.53. The van der Waals surface area contributed by atoms with Gasteiger partial charge in [0, 0.05) is 44.2 Å². The summed E-state index contributed by atoms with van der Waals surface area (Å²) in [6.45, 7) is 3.05. The van der Waals surface area contributed by atoms with Crippen molar-refractivity contribution in [1.29, 1.82) is 0 Å². The summed E-state index contributed by atoms with van der Waals surface area (Å²) in [5.41, 5.74) is 1.72. The predicted molar refractivity (Wildman–Crippen MR) is 127 cm³/mol. The van der Waals surface area contributed by atoms with Crippen molar-refractivity contribution >= 4 is 17.3 Å². The number of anilines is 2. The highest BCUT2D eigenvalue weighted by molar-refractivity contribution is 5.82. The van der Waals surface area contributed by atoms with E-state index in [1.54, 1.807) is 13.2 Å². The molecule has 2 aromatic rings. The Labute approximate surface area is 203 Å². The lowest BCUT2D eigenvalue weighted by Crippen LogP contribution is -2.61. The molecule has 1 amide bonds. The maximum absolute atomic E-state index is 13.4. The summed E-state index contributed by atoms with van der Waals surface area (Å²) in [4.78, 5) is 17.7. The van der Waals surface area contributed by atoms with Crippen LogP contribution in [0.2, 0.25) is 0 Å². The molecule has 3 unspecified atom stereocenters. The molecule has 3 aliphatic heterocycles. The highest BCUT2D eigenvalue weighted by Crippen LogP contribution is 2.40. The maximum Gasteiger partial charge on any atom is 0.416 e. The highest BCUT2D eigenvalue weighted by atomic mass is 19.4. The number of benzene rings is 2. The van der Waals surface area contributed by atoms with Crippen molar-refractivity contribution in [3.05, 3.63) is 53.6 Å². The van der Waals surface area contributed by atoms with Gasteiger partial charge in [0.25, 0.3) is 0 Å². The maximum atomic E-state index is 13.4. The molecule has 9 heteroatoms. The molecule has 6 nitrogen and oxygen atoms in total. The number of fused-ring (bicyclic) bond motifs is 3. The lowest BCUT2D eigenvalue weighted by Gasteiger charge is -2.49. The van der Waals surface area contributed by atoms with Crippen molar-refractivity contribution in [2.24, 2.45) is 5.92 Å². The molecule has 3 aliphatic rings. The Morgan fingerprint density at radius 3 is 2.66 bits per heavy atom. The first-order valence-electron chi connectivity index (χ1n) is 12.1. The Morgan fingerprint density at radius 1 is 1.17 bits per heavy atom.